The summed E-state index contributed by atoms with van der Waals surface area (Å²) < 4.78 is 26.2. The zero-order valence-corrected chi connectivity index (χ0v) is 14.3. The Bertz CT molecular complexity index is 571. The molecule has 22 heavy (non-hydrogen) atoms. The monoisotopic (exact) mass is 346 g/mol. The van der Waals surface area contributed by atoms with Crippen LogP contribution in [0.3, 0.4) is 0 Å². The first-order chi connectivity index (χ1) is 10.4. The maximum Gasteiger partial charge on any atom is 0.251 e. The fourth-order valence-electron chi connectivity index (χ4n) is 1.58. The predicted octanol–water partition coefficient (Wildman–Crippen LogP) is 0.829. The van der Waals surface area contributed by atoms with Crippen molar-refractivity contribution < 1.29 is 18.3 Å². The van der Waals surface area contributed by atoms with Crippen LogP contribution in [-0.4, -0.2) is 50.1 Å². The van der Waals surface area contributed by atoms with Gasteiger partial charge in [-0.15, -0.1) is 0 Å². The highest BCUT2D eigenvalue weighted by molar-refractivity contribution is 7.99. The molecule has 0 bridgehead atoms. The van der Waals surface area contributed by atoms with Gasteiger partial charge < -0.3 is 10.4 Å². The molecule has 1 rings (SSSR count). The Morgan fingerprint density at radius 1 is 1.32 bits per heavy atom. The molecule has 0 unspecified atom stereocenters. The van der Waals surface area contributed by atoms with Gasteiger partial charge in [-0.1, -0.05) is 6.92 Å². The van der Waals surface area contributed by atoms with Crippen molar-refractivity contribution in [3.63, 3.8) is 0 Å². The number of hydrogen-bond acceptors (Lipinski definition) is 5. The number of rotatable bonds is 9. The lowest BCUT2D eigenvalue weighted by molar-refractivity contribution is 0.0956. The number of sulfonamides is 1. The van der Waals surface area contributed by atoms with Crippen molar-refractivity contribution in [2.75, 3.05) is 24.6 Å². The van der Waals surface area contributed by atoms with E-state index in [1.54, 1.807) is 11.8 Å². The molecule has 1 atom stereocenters. The molecule has 1 aromatic rings. The zero-order chi connectivity index (χ0) is 16.6. The molecule has 0 aliphatic heterocycles. The zero-order valence-electron chi connectivity index (χ0n) is 12.7. The lowest BCUT2D eigenvalue weighted by atomic mass is 10.2. The third-order valence-electron chi connectivity index (χ3n) is 2.73. The number of carbonyl (C=O) groups excluding carboxylic acids is 1. The van der Waals surface area contributed by atoms with Crippen LogP contribution < -0.4 is 10.0 Å². The molecule has 0 saturated carbocycles. The van der Waals surface area contributed by atoms with Gasteiger partial charge in [0, 0.05) is 24.4 Å². The second kappa shape index (κ2) is 9.14. The highest BCUT2D eigenvalue weighted by Crippen LogP contribution is 2.10. The minimum atomic E-state index is -3.67. The van der Waals surface area contributed by atoms with Crippen LogP contribution in [0.2, 0.25) is 0 Å². The molecule has 0 aliphatic rings. The molecule has 0 spiro atoms. The molecule has 6 nitrogen and oxygen atoms in total. The molecule has 0 aliphatic carbocycles. The molecule has 8 heteroatoms. The van der Waals surface area contributed by atoms with E-state index in [-0.39, 0.29) is 17.3 Å². The van der Waals surface area contributed by atoms with Crippen LogP contribution in [0.1, 0.15) is 24.2 Å². The van der Waals surface area contributed by atoms with Gasteiger partial charge in [-0.3, -0.25) is 4.79 Å². The molecular formula is C14H22N2O4S2. The van der Waals surface area contributed by atoms with Crippen LogP contribution in [-0.2, 0) is 10.0 Å². The number of carbonyl (C=O) groups is 1. The minimum Gasteiger partial charge on any atom is -0.392 e. The van der Waals surface area contributed by atoms with Gasteiger partial charge in [0.25, 0.3) is 5.91 Å². The first-order valence-electron chi connectivity index (χ1n) is 7.00. The standard InChI is InChI=1S/C14H22N2O4S2/c1-3-21-9-8-15-14(18)12-4-6-13(7-5-12)22(19,20)16-10-11(2)17/h4-7,11,16-17H,3,8-10H2,1-2H3,(H,15,18)/t11-/m1/s1. The summed E-state index contributed by atoms with van der Waals surface area (Å²) in [6, 6.07) is 5.69. The van der Waals surface area contributed by atoms with E-state index in [0.29, 0.717) is 12.1 Å². The van der Waals surface area contributed by atoms with E-state index in [4.69, 9.17) is 5.11 Å². The van der Waals surface area contributed by atoms with Crippen molar-refractivity contribution in [2.24, 2.45) is 0 Å². The van der Waals surface area contributed by atoms with Crippen molar-refractivity contribution in [1.29, 1.82) is 0 Å². The van der Waals surface area contributed by atoms with Gasteiger partial charge in [0.15, 0.2) is 0 Å². The Balaban J connectivity index is 2.64. The number of amides is 1. The first-order valence-corrected chi connectivity index (χ1v) is 9.64. The summed E-state index contributed by atoms with van der Waals surface area (Å²) in [5.74, 6) is 1.62. The highest BCUT2D eigenvalue weighted by Gasteiger charge is 2.15. The second-order valence-corrected chi connectivity index (χ2v) is 7.84. The molecule has 0 fully saturated rings. The van der Waals surface area contributed by atoms with Gasteiger partial charge in [0.05, 0.1) is 11.0 Å². The van der Waals surface area contributed by atoms with E-state index < -0.39 is 16.1 Å². The van der Waals surface area contributed by atoms with E-state index >= 15 is 0 Å². The summed E-state index contributed by atoms with van der Waals surface area (Å²) in [5.41, 5.74) is 0.413. The molecule has 1 aromatic carbocycles. The Kier molecular flexibility index (Phi) is 7.88. The summed E-state index contributed by atoms with van der Waals surface area (Å²) >= 11 is 1.74. The van der Waals surface area contributed by atoms with E-state index in [9.17, 15) is 13.2 Å². The van der Waals surface area contributed by atoms with Gasteiger partial charge in [-0.2, -0.15) is 11.8 Å². The largest absolute Gasteiger partial charge is 0.392 e. The smallest absolute Gasteiger partial charge is 0.251 e. The van der Waals surface area contributed by atoms with E-state index in [1.165, 1.54) is 31.2 Å². The third-order valence-corrected chi connectivity index (χ3v) is 5.07. The van der Waals surface area contributed by atoms with Crippen molar-refractivity contribution in [2.45, 2.75) is 24.8 Å². The Hall–Kier alpha value is -1.09. The number of thioether (sulfide) groups is 1. The summed E-state index contributed by atoms with van der Waals surface area (Å²) in [6.07, 6.45) is -0.763. The molecule has 0 aromatic heterocycles. The summed E-state index contributed by atoms with van der Waals surface area (Å²) in [6.45, 7) is 4.07. The Labute approximate surface area is 135 Å². The van der Waals surface area contributed by atoms with Crippen LogP contribution in [0.4, 0.5) is 0 Å². The highest BCUT2D eigenvalue weighted by atomic mass is 32.2. The molecule has 124 valence electrons. The topological polar surface area (TPSA) is 95.5 Å². The Morgan fingerprint density at radius 2 is 1.95 bits per heavy atom. The van der Waals surface area contributed by atoms with Crippen molar-refractivity contribution in [1.82, 2.24) is 10.0 Å². The average molecular weight is 346 g/mol. The van der Waals surface area contributed by atoms with E-state index in [1.807, 2.05) is 0 Å². The van der Waals surface area contributed by atoms with Crippen molar-refractivity contribution >= 4 is 27.7 Å². The molecule has 0 saturated heterocycles. The SMILES string of the molecule is CCSCCNC(=O)c1ccc(S(=O)(=O)NC[C@@H](C)O)cc1. The van der Waals surface area contributed by atoms with Gasteiger partial charge in [-0.25, -0.2) is 13.1 Å². The van der Waals surface area contributed by atoms with Crippen LogP contribution in [0.5, 0.6) is 0 Å². The van der Waals surface area contributed by atoms with Crippen LogP contribution in [0.25, 0.3) is 0 Å². The van der Waals surface area contributed by atoms with E-state index in [2.05, 4.69) is 17.0 Å². The lowest BCUT2D eigenvalue weighted by Gasteiger charge is -2.09. The third kappa shape index (κ3) is 6.35. The average Bonchev–Trinajstić information content (AvgIpc) is 2.49. The number of aliphatic hydroxyl groups is 1. The molecule has 1 amide bonds. The molecule has 0 radical (unpaired) electrons. The minimum absolute atomic E-state index is 0.0559. The Morgan fingerprint density at radius 3 is 2.50 bits per heavy atom. The van der Waals surface area contributed by atoms with Crippen LogP contribution in [0.15, 0.2) is 29.2 Å². The van der Waals surface area contributed by atoms with Gasteiger partial charge in [0.1, 0.15) is 0 Å². The predicted molar refractivity (Wildman–Crippen MR) is 88.6 cm³/mol. The van der Waals surface area contributed by atoms with Crippen molar-refractivity contribution in [3.8, 4) is 0 Å². The summed E-state index contributed by atoms with van der Waals surface area (Å²) in [4.78, 5) is 11.9. The van der Waals surface area contributed by atoms with Crippen LogP contribution >= 0.6 is 11.8 Å². The van der Waals surface area contributed by atoms with Crippen molar-refractivity contribution in [3.05, 3.63) is 29.8 Å². The fourth-order valence-corrected chi connectivity index (χ4v) is 3.24. The fraction of sp³-hybridized carbons (Fsp3) is 0.500. The quantitative estimate of drug-likeness (QED) is 0.576. The molecule has 3 N–H and O–H groups in total. The maximum atomic E-state index is 11.9. The second-order valence-electron chi connectivity index (χ2n) is 4.68. The number of benzene rings is 1. The van der Waals surface area contributed by atoms with Gasteiger partial charge in [0.2, 0.25) is 10.0 Å². The molecule has 0 heterocycles. The maximum absolute atomic E-state index is 11.9. The number of aliphatic hydroxyl groups excluding tert-OH is 1. The van der Waals surface area contributed by atoms with Gasteiger partial charge in [-0.05, 0) is 36.9 Å². The normalized spacial score (nSPS) is 12.9. The summed E-state index contributed by atoms with van der Waals surface area (Å²) in [5, 5.41) is 11.9. The number of nitrogens with one attached hydrogen (secondary N) is 2. The number of hydrogen-bond donors (Lipinski definition) is 3. The molecular weight excluding hydrogens is 324 g/mol. The van der Waals surface area contributed by atoms with Gasteiger partial charge >= 0.3 is 0 Å². The van der Waals surface area contributed by atoms with E-state index in [0.717, 1.165) is 11.5 Å². The lowest BCUT2D eigenvalue weighted by Crippen LogP contribution is -2.30. The first kappa shape index (κ1) is 19.0. The summed E-state index contributed by atoms with van der Waals surface area (Å²) in [7, 11) is -3.67. The van der Waals surface area contributed by atoms with Crippen LogP contribution in [0, 0.1) is 0 Å².